The van der Waals surface area contributed by atoms with E-state index in [4.69, 9.17) is 9.47 Å². The Morgan fingerprint density at radius 1 is 1.20 bits per heavy atom. The number of nitrogens with zero attached hydrogens (tertiary/aromatic N) is 1. The second-order valence-corrected chi connectivity index (χ2v) is 5.35. The van der Waals surface area contributed by atoms with E-state index in [1.165, 1.54) is 19.7 Å². The molecule has 5 heteroatoms. The highest BCUT2D eigenvalue weighted by Crippen LogP contribution is 2.33. The minimum absolute atomic E-state index is 0.125. The Hall–Kier alpha value is -1.36. The van der Waals surface area contributed by atoms with Gasteiger partial charge in [-0.05, 0) is 38.2 Å². The molecule has 0 saturated carbocycles. The summed E-state index contributed by atoms with van der Waals surface area (Å²) in [5.74, 6) is -1.28. The summed E-state index contributed by atoms with van der Waals surface area (Å²) in [5, 5.41) is 0. The number of Topliss-reactive ketones (excluding diaryl/α,β-unsaturated/α-hetero) is 1. The summed E-state index contributed by atoms with van der Waals surface area (Å²) in [6.45, 7) is 4.56. The first kappa shape index (κ1) is 15.0. The summed E-state index contributed by atoms with van der Waals surface area (Å²) < 4.78 is 10.2. The van der Waals surface area contributed by atoms with Crippen LogP contribution in [0.25, 0.3) is 0 Å². The van der Waals surface area contributed by atoms with Crippen molar-refractivity contribution in [2.75, 3.05) is 33.4 Å². The molecule has 2 rings (SSSR count). The van der Waals surface area contributed by atoms with Crippen LogP contribution in [-0.2, 0) is 19.1 Å². The minimum atomic E-state index is -0.724. The first-order chi connectivity index (χ1) is 9.65. The molecule has 2 aliphatic rings. The van der Waals surface area contributed by atoms with Crippen LogP contribution in [0.4, 0.5) is 0 Å². The number of methoxy groups -OCH3 is 1. The molecule has 1 saturated heterocycles. The molecule has 0 amide bonds. The van der Waals surface area contributed by atoms with Crippen LogP contribution in [0.5, 0.6) is 0 Å². The zero-order valence-electron chi connectivity index (χ0n) is 12.3. The molecule has 1 aliphatic heterocycles. The number of morpholine rings is 1. The fourth-order valence-electron chi connectivity index (χ4n) is 3.09. The van der Waals surface area contributed by atoms with Gasteiger partial charge >= 0.3 is 5.97 Å². The molecule has 5 nitrogen and oxygen atoms in total. The summed E-state index contributed by atoms with van der Waals surface area (Å²) in [5.41, 5.74) is 2.14. The Balaban J connectivity index is 2.32. The number of hydrogen-bond acceptors (Lipinski definition) is 5. The lowest BCUT2D eigenvalue weighted by Crippen LogP contribution is -2.39. The predicted octanol–water partition coefficient (Wildman–Crippen LogP) is 1.52. The average Bonchev–Trinajstić information content (AvgIpc) is 2.48. The lowest BCUT2D eigenvalue weighted by Gasteiger charge is -2.36. The molecule has 0 aromatic carbocycles. The first-order valence-corrected chi connectivity index (χ1v) is 7.28. The fraction of sp³-hybridized carbons (Fsp3) is 0.733. The maximum atomic E-state index is 12.0. The summed E-state index contributed by atoms with van der Waals surface area (Å²) in [6, 6.07) is 0. The van der Waals surface area contributed by atoms with Gasteiger partial charge in [-0.15, -0.1) is 0 Å². The maximum absolute atomic E-state index is 12.0. The third-order valence-corrected chi connectivity index (χ3v) is 4.07. The molecule has 0 radical (unpaired) electrons. The maximum Gasteiger partial charge on any atom is 0.320 e. The minimum Gasteiger partial charge on any atom is -0.468 e. The van der Waals surface area contributed by atoms with E-state index in [1.54, 1.807) is 0 Å². The molecular formula is C15H23NO4. The molecule has 0 bridgehead atoms. The number of esters is 1. The number of carbonyl (C=O) groups excluding carboxylic acids is 2. The molecule has 1 unspecified atom stereocenters. The highest BCUT2D eigenvalue weighted by atomic mass is 16.5. The van der Waals surface area contributed by atoms with Crippen molar-refractivity contribution in [2.45, 2.75) is 32.6 Å². The predicted molar refractivity (Wildman–Crippen MR) is 74.1 cm³/mol. The summed E-state index contributed by atoms with van der Waals surface area (Å²) >= 11 is 0. The van der Waals surface area contributed by atoms with Gasteiger partial charge in [0.25, 0.3) is 0 Å². The Kier molecular flexibility index (Phi) is 5.17. The van der Waals surface area contributed by atoms with Crippen molar-refractivity contribution in [2.24, 2.45) is 5.92 Å². The van der Waals surface area contributed by atoms with Gasteiger partial charge in [-0.2, -0.15) is 0 Å². The van der Waals surface area contributed by atoms with Gasteiger partial charge in [0.15, 0.2) is 0 Å². The zero-order valence-corrected chi connectivity index (χ0v) is 12.3. The molecule has 0 aromatic heterocycles. The van der Waals surface area contributed by atoms with Crippen molar-refractivity contribution in [3.05, 3.63) is 11.3 Å². The summed E-state index contributed by atoms with van der Waals surface area (Å²) in [6.07, 6.45) is 3.90. The zero-order chi connectivity index (χ0) is 14.5. The van der Waals surface area contributed by atoms with Gasteiger partial charge in [0.1, 0.15) is 11.7 Å². The van der Waals surface area contributed by atoms with E-state index in [-0.39, 0.29) is 5.78 Å². The van der Waals surface area contributed by atoms with Crippen LogP contribution in [0.15, 0.2) is 11.3 Å². The van der Waals surface area contributed by atoms with E-state index in [0.717, 1.165) is 44.3 Å². The van der Waals surface area contributed by atoms with E-state index in [0.29, 0.717) is 13.2 Å². The largest absolute Gasteiger partial charge is 0.468 e. The number of ketones is 1. The summed E-state index contributed by atoms with van der Waals surface area (Å²) in [7, 11) is 1.34. The molecule has 1 fully saturated rings. The number of rotatable bonds is 4. The number of carbonyl (C=O) groups is 2. The molecular weight excluding hydrogens is 258 g/mol. The van der Waals surface area contributed by atoms with Gasteiger partial charge in [-0.3, -0.25) is 9.59 Å². The molecule has 1 aliphatic carbocycles. The lowest BCUT2D eigenvalue weighted by atomic mass is 9.84. The van der Waals surface area contributed by atoms with Crippen molar-refractivity contribution < 1.29 is 19.1 Å². The van der Waals surface area contributed by atoms with Gasteiger partial charge < -0.3 is 14.4 Å². The molecule has 0 aromatic rings. The second kappa shape index (κ2) is 6.88. The van der Waals surface area contributed by atoms with Crippen LogP contribution in [0.3, 0.4) is 0 Å². The van der Waals surface area contributed by atoms with Crippen molar-refractivity contribution >= 4 is 11.8 Å². The fourth-order valence-corrected chi connectivity index (χ4v) is 3.09. The van der Waals surface area contributed by atoms with E-state index in [2.05, 4.69) is 4.90 Å². The van der Waals surface area contributed by atoms with Gasteiger partial charge in [-0.1, -0.05) is 0 Å². The highest BCUT2D eigenvalue weighted by molar-refractivity contribution is 6.00. The van der Waals surface area contributed by atoms with Crippen LogP contribution in [0.2, 0.25) is 0 Å². The standard InChI is InChI=1S/C15H23NO4/c1-11(17)14(15(18)19-2)12-5-3-4-6-13(12)16-7-9-20-10-8-16/h14H,3-10H2,1-2H3. The Morgan fingerprint density at radius 3 is 2.45 bits per heavy atom. The average molecular weight is 281 g/mol. The number of allylic oxidation sites excluding steroid dienone is 1. The van der Waals surface area contributed by atoms with Crippen molar-refractivity contribution in [1.82, 2.24) is 4.90 Å². The molecule has 0 N–H and O–H groups in total. The monoisotopic (exact) mass is 281 g/mol. The van der Waals surface area contributed by atoms with E-state index in [1.807, 2.05) is 0 Å². The molecule has 0 spiro atoms. The topological polar surface area (TPSA) is 55.8 Å². The van der Waals surface area contributed by atoms with E-state index < -0.39 is 11.9 Å². The third-order valence-electron chi connectivity index (χ3n) is 4.07. The van der Waals surface area contributed by atoms with Crippen LogP contribution in [0, 0.1) is 5.92 Å². The molecule has 1 heterocycles. The molecule has 20 heavy (non-hydrogen) atoms. The van der Waals surface area contributed by atoms with Gasteiger partial charge in [0.2, 0.25) is 0 Å². The van der Waals surface area contributed by atoms with Crippen LogP contribution in [-0.4, -0.2) is 50.1 Å². The van der Waals surface area contributed by atoms with Crippen LogP contribution >= 0.6 is 0 Å². The molecule has 1 atom stereocenters. The van der Waals surface area contributed by atoms with Crippen molar-refractivity contribution in [3.8, 4) is 0 Å². The highest BCUT2D eigenvalue weighted by Gasteiger charge is 2.33. The smallest absolute Gasteiger partial charge is 0.320 e. The van der Waals surface area contributed by atoms with E-state index >= 15 is 0 Å². The SMILES string of the molecule is COC(=O)C(C(C)=O)C1=C(N2CCOCC2)CCCC1. The number of hydrogen-bond donors (Lipinski definition) is 0. The van der Waals surface area contributed by atoms with Gasteiger partial charge in [0.05, 0.1) is 20.3 Å². The van der Waals surface area contributed by atoms with Crippen molar-refractivity contribution in [3.63, 3.8) is 0 Å². The van der Waals surface area contributed by atoms with Crippen LogP contribution < -0.4 is 0 Å². The Labute approximate surface area is 119 Å². The Morgan fingerprint density at radius 2 is 1.85 bits per heavy atom. The first-order valence-electron chi connectivity index (χ1n) is 7.28. The molecule has 112 valence electrons. The van der Waals surface area contributed by atoms with E-state index in [9.17, 15) is 9.59 Å². The third kappa shape index (κ3) is 3.20. The summed E-state index contributed by atoms with van der Waals surface area (Å²) in [4.78, 5) is 26.1. The Bertz CT molecular complexity index is 410. The van der Waals surface area contributed by atoms with Crippen molar-refractivity contribution in [1.29, 1.82) is 0 Å². The second-order valence-electron chi connectivity index (χ2n) is 5.35. The normalized spacial score (nSPS) is 21.6. The van der Waals surface area contributed by atoms with Gasteiger partial charge in [-0.25, -0.2) is 0 Å². The van der Waals surface area contributed by atoms with Crippen LogP contribution in [0.1, 0.15) is 32.6 Å². The quantitative estimate of drug-likeness (QED) is 0.578. The number of ether oxygens (including phenoxy) is 2. The lowest BCUT2D eigenvalue weighted by molar-refractivity contribution is -0.147. The van der Waals surface area contributed by atoms with Gasteiger partial charge in [0, 0.05) is 18.8 Å².